The Morgan fingerprint density at radius 1 is 1.07 bits per heavy atom. The molecule has 3 amide bonds. The van der Waals surface area contributed by atoms with Gasteiger partial charge < -0.3 is 16.4 Å². The number of hydrogen-bond donors (Lipinski definition) is 3. The fourth-order valence-corrected chi connectivity index (χ4v) is 3.35. The smallest absolute Gasteiger partial charge is 0.312 e. The minimum Gasteiger partial charge on any atom is -0.352 e. The maximum Gasteiger partial charge on any atom is 0.312 e. The minimum absolute atomic E-state index is 0.0489. The van der Waals surface area contributed by atoms with E-state index in [4.69, 9.17) is 5.73 Å². The monoisotopic (exact) mass is 390 g/mol. The zero-order valence-corrected chi connectivity index (χ0v) is 15.9. The van der Waals surface area contributed by atoms with Gasteiger partial charge in [-0.3, -0.25) is 4.79 Å². The first-order valence-corrected chi connectivity index (χ1v) is 9.57. The number of nitrogens with two attached hydrogens (primary N) is 1. The first-order valence-electron chi connectivity index (χ1n) is 8.13. The Morgan fingerprint density at radius 3 is 2.33 bits per heavy atom. The van der Waals surface area contributed by atoms with Crippen LogP contribution in [0, 0.1) is 0 Å². The van der Waals surface area contributed by atoms with Crippen molar-refractivity contribution in [1.82, 2.24) is 9.62 Å². The molecule has 144 valence electrons. The van der Waals surface area contributed by atoms with E-state index >= 15 is 0 Å². The van der Waals surface area contributed by atoms with Gasteiger partial charge in [0.15, 0.2) is 0 Å². The number of amides is 3. The molecule has 4 N–H and O–H groups in total. The third-order valence-electron chi connectivity index (χ3n) is 3.80. The molecule has 27 heavy (non-hydrogen) atoms. The molecule has 2 rings (SSSR count). The van der Waals surface area contributed by atoms with Crippen LogP contribution in [-0.4, -0.2) is 44.8 Å². The zero-order chi connectivity index (χ0) is 20.0. The standard InChI is InChI=1S/C18H22N4O4S/c1-22(2)27(25,26)15-10-6-9-14(12-15)20-17(23)16(21-18(19)24)11-13-7-4-3-5-8-13/h3-10,12,16H,11H2,1-2H3,(H,20,23)(H3,19,21,24). The first kappa shape index (κ1) is 20.4. The van der Waals surface area contributed by atoms with Crippen LogP contribution >= 0.6 is 0 Å². The molecule has 9 heteroatoms. The van der Waals surface area contributed by atoms with E-state index < -0.39 is 28.0 Å². The average molecular weight is 390 g/mol. The molecule has 0 saturated carbocycles. The van der Waals surface area contributed by atoms with Gasteiger partial charge in [0, 0.05) is 26.2 Å². The van der Waals surface area contributed by atoms with Gasteiger partial charge in [0.05, 0.1) is 4.90 Å². The lowest BCUT2D eigenvalue weighted by Gasteiger charge is -2.18. The van der Waals surface area contributed by atoms with Crippen LogP contribution < -0.4 is 16.4 Å². The van der Waals surface area contributed by atoms with E-state index in [1.165, 1.54) is 32.3 Å². The van der Waals surface area contributed by atoms with E-state index in [-0.39, 0.29) is 11.3 Å². The van der Waals surface area contributed by atoms with E-state index in [0.717, 1.165) is 9.87 Å². The summed E-state index contributed by atoms with van der Waals surface area (Å²) in [4.78, 5) is 23.9. The van der Waals surface area contributed by atoms with Crippen LogP contribution in [0.4, 0.5) is 10.5 Å². The SMILES string of the molecule is CN(C)S(=O)(=O)c1cccc(NC(=O)C(Cc2ccccc2)NC(N)=O)c1. The van der Waals surface area contributed by atoms with Crippen LogP contribution in [0.3, 0.4) is 0 Å². The van der Waals surface area contributed by atoms with Crippen LogP contribution in [0.2, 0.25) is 0 Å². The number of nitrogens with zero attached hydrogens (tertiary/aromatic N) is 1. The van der Waals surface area contributed by atoms with E-state index in [0.29, 0.717) is 5.69 Å². The number of carbonyl (C=O) groups excluding carboxylic acids is 2. The van der Waals surface area contributed by atoms with Crippen molar-refractivity contribution in [2.75, 3.05) is 19.4 Å². The maximum absolute atomic E-state index is 12.6. The van der Waals surface area contributed by atoms with E-state index in [2.05, 4.69) is 10.6 Å². The normalized spacial score (nSPS) is 12.4. The summed E-state index contributed by atoms with van der Waals surface area (Å²) in [5.41, 5.74) is 6.32. The molecule has 2 aromatic rings. The molecular formula is C18H22N4O4S. The van der Waals surface area contributed by atoms with Crippen LogP contribution in [0.1, 0.15) is 5.56 Å². The lowest BCUT2D eigenvalue weighted by Crippen LogP contribution is -2.47. The van der Waals surface area contributed by atoms with Crippen molar-refractivity contribution in [3.05, 3.63) is 60.2 Å². The molecule has 0 aliphatic carbocycles. The lowest BCUT2D eigenvalue weighted by molar-refractivity contribution is -0.117. The van der Waals surface area contributed by atoms with Gasteiger partial charge in [-0.1, -0.05) is 36.4 Å². The Balaban J connectivity index is 2.21. The van der Waals surface area contributed by atoms with E-state index in [9.17, 15) is 18.0 Å². The highest BCUT2D eigenvalue weighted by molar-refractivity contribution is 7.89. The number of rotatable bonds is 7. The Hall–Kier alpha value is -2.91. The van der Waals surface area contributed by atoms with Crippen molar-refractivity contribution in [3.63, 3.8) is 0 Å². The van der Waals surface area contributed by atoms with Gasteiger partial charge in [0.25, 0.3) is 0 Å². The molecule has 0 spiro atoms. The Labute approximate surface area is 158 Å². The third-order valence-corrected chi connectivity index (χ3v) is 5.61. The summed E-state index contributed by atoms with van der Waals surface area (Å²) in [7, 11) is -0.783. The summed E-state index contributed by atoms with van der Waals surface area (Å²) in [6.07, 6.45) is 0.241. The highest BCUT2D eigenvalue weighted by atomic mass is 32.2. The molecule has 0 aliphatic heterocycles. The molecule has 0 aliphatic rings. The summed E-state index contributed by atoms with van der Waals surface area (Å²) >= 11 is 0. The number of sulfonamides is 1. The van der Waals surface area contributed by atoms with Crippen LogP contribution in [0.15, 0.2) is 59.5 Å². The van der Waals surface area contributed by atoms with Crippen molar-refractivity contribution in [3.8, 4) is 0 Å². The van der Waals surface area contributed by atoms with Gasteiger partial charge in [-0.25, -0.2) is 17.5 Å². The van der Waals surface area contributed by atoms with Crippen LogP contribution in [-0.2, 0) is 21.2 Å². The number of primary amides is 1. The molecule has 1 unspecified atom stereocenters. The van der Waals surface area contributed by atoms with Crippen molar-refractivity contribution >= 4 is 27.6 Å². The molecule has 0 saturated heterocycles. The third kappa shape index (κ3) is 5.53. The maximum atomic E-state index is 12.6. The molecule has 8 nitrogen and oxygen atoms in total. The first-order chi connectivity index (χ1) is 12.7. The van der Waals surface area contributed by atoms with Crippen molar-refractivity contribution in [2.45, 2.75) is 17.4 Å². The average Bonchev–Trinajstić information content (AvgIpc) is 2.61. The molecule has 0 fully saturated rings. The quantitative estimate of drug-likeness (QED) is 0.656. The van der Waals surface area contributed by atoms with E-state index in [1.54, 1.807) is 6.07 Å². The van der Waals surface area contributed by atoms with Gasteiger partial charge in [0.2, 0.25) is 15.9 Å². The summed E-state index contributed by atoms with van der Waals surface area (Å²) in [6.45, 7) is 0. The van der Waals surface area contributed by atoms with Crippen molar-refractivity contribution < 1.29 is 18.0 Å². The highest BCUT2D eigenvalue weighted by Gasteiger charge is 2.22. The number of hydrogen-bond acceptors (Lipinski definition) is 4. The zero-order valence-electron chi connectivity index (χ0n) is 15.0. The van der Waals surface area contributed by atoms with E-state index in [1.807, 2.05) is 30.3 Å². The number of anilines is 1. The topological polar surface area (TPSA) is 122 Å². The molecule has 0 heterocycles. The summed E-state index contributed by atoms with van der Waals surface area (Å²) in [6, 6.07) is 13.3. The van der Waals surface area contributed by atoms with Crippen molar-refractivity contribution in [2.24, 2.45) is 5.73 Å². The number of nitrogens with one attached hydrogen (secondary N) is 2. The number of benzene rings is 2. The number of urea groups is 1. The van der Waals surface area contributed by atoms with Gasteiger partial charge in [-0.05, 0) is 23.8 Å². The van der Waals surface area contributed by atoms with Gasteiger partial charge >= 0.3 is 6.03 Å². The summed E-state index contributed by atoms with van der Waals surface area (Å²) < 4.78 is 25.5. The van der Waals surface area contributed by atoms with Gasteiger partial charge in [0.1, 0.15) is 6.04 Å². The predicted molar refractivity (Wildman–Crippen MR) is 103 cm³/mol. The van der Waals surface area contributed by atoms with Crippen molar-refractivity contribution in [1.29, 1.82) is 0 Å². The minimum atomic E-state index is -3.63. The highest BCUT2D eigenvalue weighted by Crippen LogP contribution is 2.18. The summed E-state index contributed by atoms with van der Waals surface area (Å²) in [5, 5.41) is 5.04. The molecule has 0 aromatic heterocycles. The molecule has 0 bridgehead atoms. The molecule has 2 aromatic carbocycles. The molecule has 1 atom stereocenters. The Bertz CT molecular complexity index is 914. The van der Waals surface area contributed by atoms with Crippen LogP contribution in [0.5, 0.6) is 0 Å². The van der Waals surface area contributed by atoms with Gasteiger partial charge in [-0.15, -0.1) is 0 Å². The molecule has 0 radical (unpaired) electrons. The Morgan fingerprint density at radius 2 is 1.74 bits per heavy atom. The van der Waals surface area contributed by atoms with Crippen LogP contribution in [0.25, 0.3) is 0 Å². The predicted octanol–water partition coefficient (Wildman–Crippen LogP) is 1.15. The second kappa shape index (κ2) is 8.65. The second-order valence-electron chi connectivity index (χ2n) is 6.06. The number of carbonyl (C=O) groups is 2. The lowest BCUT2D eigenvalue weighted by atomic mass is 10.1. The van der Waals surface area contributed by atoms with Gasteiger partial charge in [-0.2, -0.15) is 0 Å². The fraction of sp³-hybridized carbons (Fsp3) is 0.222. The fourth-order valence-electron chi connectivity index (χ4n) is 2.41. The second-order valence-corrected chi connectivity index (χ2v) is 8.21. The Kier molecular flexibility index (Phi) is 6.54. The summed E-state index contributed by atoms with van der Waals surface area (Å²) in [5.74, 6) is -0.503. The largest absolute Gasteiger partial charge is 0.352 e. The molecular weight excluding hydrogens is 368 g/mol.